The number of rotatable bonds is 4. The third kappa shape index (κ3) is 4.23. The van der Waals surface area contributed by atoms with Gasteiger partial charge in [-0.05, 0) is 37.1 Å². The van der Waals surface area contributed by atoms with E-state index in [4.69, 9.17) is 4.74 Å². The van der Waals surface area contributed by atoms with Gasteiger partial charge in [-0.1, -0.05) is 25.0 Å². The fourth-order valence-corrected chi connectivity index (χ4v) is 2.80. The first kappa shape index (κ1) is 16.3. The Balaban J connectivity index is 1.65. The molecule has 2 aromatic rings. The molecule has 24 heavy (non-hydrogen) atoms. The van der Waals surface area contributed by atoms with Gasteiger partial charge in [0.05, 0.1) is 24.0 Å². The first-order chi connectivity index (χ1) is 11.7. The predicted molar refractivity (Wildman–Crippen MR) is 91.2 cm³/mol. The van der Waals surface area contributed by atoms with Crippen LogP contribution in [-0.2, 0) is 0 Å². The highest BCUT2D eigenvalue weighted by Gasteiger charge is 2.24. The number of aliphatic hydroxyl groups excluding tert-OH is 1. The van der Waals surface area contributed by atoms with E-state index in [1.165, 1.54) is 0 Å². The van der Waals surface area contributed by atoms with Gasteiger partial charge in [0.15, 0.2) is 5.75 Å². The number of nitrogens with one attached hydrogen (secondary N) is 2. The standard InChI is InChI=1S/C18H21N3O3/c22-16-9-3-1-7-14(16)20-18(23)21-15-8-2-4-10-17(15)24-13-6-5-11-19-12-13/h2,4-6,8,10-12,14,16,22H,1,3,7,9H2,(H2,20,21,23)/t14-,16-/m1/s1. The zero-order valence-corrected chi connectivity index (χ0v) is 13.3. The molecule has 1 aliphatic carbocycles. The van der Waals surface area contributed by atoms with Crippen LogP contribution in [0.15, 0.2) is 48.8 Å². The Morgan fingerprint density at radius 1 is 1.17 bits per heavy atom. The van der Waals surface area contributed by atoms with Crippen molar-refractivity contribution in [1.82, 2.24) is 10.3 Å². The highest BCUT2D eigenvalue weighted by Crippen LogP contribution is 2.28. The summed E-state index contributed by atoms with van der Waals surface area (Å²) in [7, 11) is 0. The molecule has 1 heterocycles. The molecule has 3 N–H and O–H groups in total. The minimum absolute atomic E-state index is 0.204. The van der Waals surface area contributed by atoms with Gasteiger partial charge in [-0.15, -0.1) is 0 Å². The van der Waals surface area contributed by atoms with Crippen molar-refractivity contribution < 1.29 is 14.6 Å². The molecular weight excluding hydrogens is 306 g/mol. The normalized spacial score (nSPS) is 20.2. The van der Waals surface area contributed by atoms with Crippen molar-refractivity contribution in [3.63, 3.8) is 0 Å². The van der Waals surface area contributed by atoms with Crippen LogP contribution < -0.4 is 15.4 Å². The molecule has 0 saturated heterocycles. The Morgan fingerprint density at radius 2 is 2.00 bits per heavy atom. The summed E-state index contributed by atoms with van der Waals surface area (Å²) in [5, 5.41) is 15.6. The van der Waals surface area contributed by atoms with Crippen LogP contribution in [0.4, 0.5) is 10.5 Å². The first-order valence-electron chi connectivity index (χ1n) is 8.15. The maximum atomic E-state index is 12.2. The fraction of sp³-hybridized carbons (Fsp3) is 0.333. The number of pyridine rings is 1. The number of urea groups is 1. The number of carbonyl (C=O) groups excluding carboxylic acids is 1. The number of benzene rings is 1. The van der Waals surface area contributed by atoms with E-state index in [-0.39, 0.29) is 12.1 Å². The van der Waals surface area contributed by atoms with Crippen molar-refractivity contribution in [2.24, 2.45) is 0 Å². The summed E-state index contributed by atoms with van der Waals surface area (Å²) in [6, 6.07) is 10.2. The van der Waals surface area contributed by atoms with Gasteiger partial charge in [0.25, 0.3) is 0 Å². The minimum atomic E-state index is -0.480. The van der Waals surface area contributed by atoms with E-state index in [1.54, 1.807) is 36.7 Å². The molecular formula is C18H21N3O3. The number of ether oxygens (including phenoxy) is 1. The van der Waals surface area contributed by atoms with Crippen LogP contribution >= 0.6 is 0 Å². The number of carbonyl (C=O) groups is 1. The van der Waals surface area contributed by atoms with Crippen LogP contribution in [0.3, 0.4) is 0 Å². The minimum Gasteiger partial charge on any atom is -0.454 e. The van der Waals surface area contributed by atoms with Crippen LogP contribution in [0.5, 0.6) is 11.5 Å². The van der Waals surface area contributed by atoms with Gasteiger partial charge < -0.3 is 20.5 Å². The van der Waals surface area contributed by atoms with E-state index in [0.29, 0.717) is 17.2 Å². The van der Waals surface area contributed by atoms with Crippen molar-refractivity contribution in [2.45, 2.75) is 37.8 Å². The summed E-state index contributed by atoms with van der Waals surface area (Å²) >= 11 is 0. The third-order valence-electron chi connectivity index (χ3n) is 4.04. The average Bonchev–Trinajstić information content (AvgIpc) is 2.60. The lowest BCUT2D eigenvalue weighted by Gasteiger charge is -2.28. The van der Waals surface area contributed by atoms with E-state index in [2.05, 4.69) is 15.6 Å². The Hall–Kier alpha value is -2.60. The van der Waals surface area contributed by atoms with Crippen LogP contribution in [0, 0.1) is 0 Å². The molecule has 0 aliphatic heterocycles. The Morgan fingerprint density at radius 3 is 2.79 bits per heavy atom. The van der Waals surface area contributed by atoms with Gasteiger partial charge in [-0.25, -0.2) is 4.79 Å². The lowest BCUT2D eigenvalue weighted by molar-refractivity contribution is 0.0955. The van der Waals surface area contributed by atoms with Crippen LogP contribution in [0.2, 0.25) is 0 Å². The van der Waals surface area contributed by atoms with Crippen LogP contribution in [0.1, 0.15) is 25.7 Å². The van der Waals surface area contributed by atoms with E-state index in [0.717, 1.165) is 25.7 Å². The van der Waals surface area contributed by atoms with E-state index in [1.807, 2.05) is 12.1 Å². The molecule has 2 amide bonds. The summed E-state index contributed by atoms with van der Waals surface area (Å²) < 4.78 is 5.77. The first-order valence-corrected chi connectivity index (χ1v) is 8.15. The quantitative estimate of drug-likeness (QED) is 0.804. The summed E-state index contributed by atoms with van der Waals surface area (Å²) in [5.74, 6) is 1.12. The van der Waals surface area contributed by atoms with Gasteiger partial charge in [0, 0.05) is 6.20 Å². The molecule has 3 rings (SSSR count). The lowest BCUT2D eigenvalue weighted by atomic mass is 9.93. The van der Waals surface area contributed by atoms with Crippen molar-refractivity contribution >= 4 is 11.7 Å². The molecule has 1 aromatic carbocycles. The number of aromatic nitrogens is 1. The number of para-hydroxylation sites is 2. The number of hydrogen-bond donors (Lipinski definition) is 3. The molecule has 0 radical (unpaired) electrons. The Kier molecular flexibility index (Phi) is 5.28. The topological polar surface area (TPSA) is 83.5 Å². The molecule has 1 aromatic heterocycles. The molecule has 1 aliphatic rings. The lowest BCUT2D eigenvalue weighted by Crippen LogP contribution is -2.46. The summed E-state index contributed by atoms with van der Waals surface area (Å²) in [4.78, 5) is 16.2. The van der Waals surface area contributed by atoms with Crippen LogP contribution in [0.25, 0.3) is 0 Å². The maximum absolute atomic E-state index is 12.2. The summed E-state index contributed by atoms with van der Waals surface area (Å²) in [5.41, 5.74) is 0.559. The second kappa shape index (κ2) is 7.79. The SMILES string of the molecule is O=C(Nc1ccccc1Oc1cccnc1)N[C@@H]1CCCC[C@H]1O. The zero-order valence-electron chi connectivity index (χ0n) is 13.3. The van der Waals surface area contributed by atoms with Crippen molar-refractivity contribution in [2.75, 3.05) is 5.32 Å². The van der Waals surface area contributed by atoms with Gasteiger partial charge in [0.2, 0.25) is 0 Å². The second-order valence-corrected chi connectivity index (χ2v) is 5.84. The molecule has 1 fully saturated rings. The summed E-state index contributed by atoms with van der Waals surface area (Å²) in [6.45, 7) is 0. The monoisotopic (exact) mass is 327 g/mol. The average molecular weight is 327 g/mol. The smallest absolute Gasteiger partial charge is 0.319 e. The highest BCUT2D eigenvalue weighted by atomic mass is 16.5. The Bertz CT molecular complexity index is 678. The van der Waals surface area contributed by atoms with E-state index >= 15 is 0 Å². The van der Waals surface area contributed by atoms with Gasteiger partial charge in [-0.3, -0.25) is 4.98 Å². The Labute approximate surface area is 140 Å². The van der Waals surface area contributed by atoms with Gasteiger partial charge >= 0.3 is 6.03 Å². The second-order valence-electron chi connectivity index (χ2n) is 5.84. The highest BCUT2D eigenvalue weighted by molar-refractivity contribution is 5.91. The number of aliphatic hydroxyl groups is 1. The molecule has 0 bridgehead atoms. The van der Waals surface area contributed by atoms with E-state index < -0.39 is 6.10 Å². The van der Waals surface area contributed by atoms with Crippen LogP contribution in [-0.4, -0.2) is 28.3 Å². The third-order valence-corrected chi connectivity index (χ3v) is 4.04. The molecule has 0 spiro atoms. The number of anilines is 1. The van der Waals surface area contributed by atoms with E-state index in [9.17, 15) is 9.90 Å². The molecule has 126 valence electrons. The largest absolute Gasteiger partial charge is 0.454 e. The molecule has 0 unspecified atom stereocenters. The zero-order chi connectivity index (χ0) is 16.8. The predicted octanol–water partition coefficient (Wildman–Crippen LogP) is 3.30. The number of amides is 2. The van der Waals surface area contributed by atoms with Crippen molar-refractivity contribution in [3.05, 3.63) is 48.8 Å². The van der Waals surface area contributed by atoms with Gasteiger partial charge in [0.1, 0.15) is 5.75 Å². The fourth-order valence-electron chi connectivity index (χ4n) is 2.80. The number of nitrogens with zero attached hydrogens (tertiary/aromatic N) is 1. The molecule has 6 nitrogen and oxygen atoms in total. The maximum Gasteiger partial charge on any atom is 0.319 e. The molecule has 1 saturated carbocycles. The number of hydrogen-bond acceptors (Lipinski definition) is 4. The van der Waals surface area contributed by atoms with Crippen molar-refractivity contribution in [3.8, 4) is 11.5 Å². The molecule has 2 atom stereocenters. The molecule has 6 heteroatoms. The van der Waals surface area contributed by atoms with Crippen molar-refractivity contribution in [1.29, 1.82) is 0 Å². The van der Waals surface area contributed by atoms with Gasteiger partial charge in [-0.2, -0.15) is 0 Å². The summed E-state index contributed by atoms with van der Waals surface area (Å²) in [6.07, 6.45) is 6.33.